The van der Waals surface area contributed by atoms with Crippen molar-refractivity contribution in [2.45, 2.75) is 33.4 Å². The van der Waals surface area contributed by atoms with Gasteiger partial charge in [0.05, 0.1) is 28.1 Å². The maximum Gasteiger partial charge on any atom is 0.146 e. The van der Waals surface area contributed by atoms with Crippen molar-refractivity contribution in [1.82, 2.24) is 9.78 Å². The minimum atomic E-state index is -0.239. The van der Waals surface area contributed by atoms with Crippen LogP contribution in [-0.4, -0.2) is 9.78 Å². The summed E-state index contributed by atoms with van der Waals surface area (Å²) in [4.78, 5) is 0. The van der Waals surface area contributed by atoms with Crippen LogP contribution in [0, 0.1) is 5.82 Å². The van der Waals surface area contributed by atoms with E-state index in [1.165, 1.54) is 6.07 Å². The van der Waals surface area contributed by atoms with Crippen LogP contribution in [0.2, 0.25) is 0 Å². The van der Waals surface area contributed by atoms with Crippen LogP contribution in [0.5, 0.6) is 0 Å². The third-order valence-electron chi connectivity index (χ3n) is 3.01. The standard InChI is InChI=1S/C14H17BrFN3/c1-3-11-14(15)13(19(4-2)18-11)9-17-12-8-6-5-7-10(12)16/h5-8,17H,3-4,9H2,1-2H3. The number of aryl methyl sites for hydroxylation is 2. The smallest absolute Gasteiger partial charge is 0.146 e. The molecule has 0 spiro atoms. The van der Waals surface area contributed by atoms with E-state index >= 15 is 0 Å². The quantitative estimate of drug-likeness (QED) is 0.901. The minimum absolute atomic E-state index is 0.239. The van der Waals surface area contributed by atoms with E-state index in [0.717, 1.165) is 28.8 Å². The zero-order valence-electron chi connectivity index (χ0n) is 11.1. The molecule has 0 atom stereocenters. The van der Waals surface area contributed by atoms with Crippen LogP contribution in [0.15, 0.2) is 28.7 Å². The van der Waals surface area contributed by atoms with Crippen molar-refractivity contribution in [3.8, 4) is 0 Å². The Morgan fingerprint density at radius 3 is 2.68 bits per heavy atom. The van der Waals surface area contributed by atoms with Crippen LogP contribution in [0.25, 0.3) is 0 Å². The zero-order chi connectivity index (χ0) is 13.8. The van der Waals surface area contributed by atoms with Crippen LogP contribution in [0.1, 0.15) is 25.2 Å². The van der Waals surface area contributed by atoms with Gasteiger partial charge in [0.1, 0.15) is 5.82 Å². The van der Waals surface area contributed by atoms with Crippen molar-refractivity contribution >= 4 is 21.6 Å². The number of para-hydroxylation sites is 1. The topological polar surface area (TPSA) is 29.9 Å². The molecule has 0 saturated carbocycles. The van der Waals surface area contributed by atoms with Crippen LogP contribution >= 0.6 is 15.9 Å². The first-order valence-corrected chi connectivity index (χ1v) is 7.19. The number of halogens is 2. The maximum atomic E-state index is 13.6. The summed E-state index contributed by atoms with van der Waals surface area (Å²) in [6.07, 6.45) is 0.875. The summed E-state index contributed by atoms with van der Waals surface area (Å²) in [6.45, 7) is 5.46. The molecule has 1 heterocycles. The Morgan fingerprint density at radius 2 is 2.05 bits per heavy atom. The number of rotatable bonds is 5. The first-order valence-electron chi connectivity index (χ1n) is 6.39. The molecule has 1 aromatic carbocycles. The van der Waals surface area contributed by atoms with Gasteiger partial charge in [-0.1, -0.05) is 19.1 Å². The monoisotopic (exact) mass is 325 g/mol. The Balaban J connectivity index is 2.20. The Labute approximate surface area is 121 Å². The Kier molecular flexibility index (Phi) is 4.58. The highest BCUT2D eigenvalue weighted by molar-refractivity contribution is 9.10. The number of anilines is 1. The number of hydrogen-bond acceptors (Lipinski definition) is 2. The molecule has 0 aliphatic carbocycles. The molecule has 3 nitrogen and oxygen atoms in total. The fourth-order valence-corrected chi connectivity index (χ4v) is 2.67. The molecule has 0 fully saturated rings. The largest absolute Gasteiger partial charge is 0.377 e. The number of benzene rings is 1. The van der Waals surface area contributed by atoms with E-state index in [2.05, 4.69) is 33.3 Å². The van der Waals surface area contributed by atoms with Gasteiger partial charge in [-0.2, -0.15) is 5.10 Å². The molecule has 1 aromatic heterocycles. The van der Waals surface area contributed by atoms with Gasteiger partial charge in [-0.3, -0.25) is 4.68 Å². The summed E-state index contributed by atoms with van der Waals surface area (Å²) >= 11 is 3.58. The highest BCUT2D eigenvalue weighted by Crippen LogP contribution is 2.23. The highest BCUT2D eigenvalue weighted by atomic mass is 79.9. The fraction of sp³-hybridized carbons (Fsp3) is 0.357. The molecule has 2 aromatic rings. The zero-order valence-corrected chi connectivity index (χ0v) is 12.7. The number of hydrogen-bond donors (Lipinski definition) is 1. The number of aromatic nitrogens is 2. The predicted molar refractivity (Wildman–Crippen MR) is 78.7 cm³/mol. The number of nitrogens with zero attached hydrogens (tertiary/aromatic N) is 2. The van der Waals surface area contributed by atoms with Gasteiger partial charge in [0.15, 0.2) is 0 Å². The summed E-state index contributed by atoms with van der Waals surface area (Å²) in [5.41, 5.74) is 2.59. The Morgan fingerprint density at radius 1 is 1.32 bits per heavy atom. The molecule has 0 aliphatic heterocycles. The molecule has 102 valence electrons. The molecule has 1 N–H and O–H groups in total. The average molecular weight is 326 g/mol. The van der Waals surface area contributed by atoms with Crippen LogP contribution in [-0.2, 0) is 19.5 Å². The first kappa shape index (κ1) is 14.1. The second kappa shape index (κ2) is 6.19. The second-order valence-corrected chi connectivity index (χ2v) is 5.00. The molecular formula is C14H17BrFN3. The van der Waals surface area contributed by atoms with Crippen LogP contribution in [0.4, 0.5) is 10.1 Å². The molecule has 0 bridgehead atoms. The van der Waals surface area contributed by atoms with Crippen LogP contribution in [0.3, 0.4) is 0 Å². The van der Waals surface area contributed by atoms with E-state index in [1.54, 1.807) is 12.1 Å². The van der Waals surface area contributed by atoms with Crippen molar-refractivity contribution in [2.24, 2.45) is 0 Å². The minimum Gasteiger partial charge on any atom is -0.377 e. The van der Waals surface area contributed by atoms with Gasteiger partial charge in [-0.15, -0.1) is 0 Å². The molecule has 2 rings (SSSR count). The Bertz CT molecular complexity index is 566. The molecule has 0 aliphatic rings. The highest BCUT2D eigenvalue weighted by Gasteiger charge is 2.13. The summed E-state index contributed by atoms with van der Waals surface area (Å²) in [7, 11) is 0. The molecular weight excluding hydrogens is 309 g/mol. The lowest BCUT2D eigenvalue weighted by atomic mass is 10.2. The van der Waals surface area contributed by atoms with E-state index in [0.29, 0.717) is 12.2 Å². The second-order valence-electron chi connectivity index (χ2n) is 4.21. The van der Waals surface area contributed by atoms with Gasteiger partial charge in [0.25, 0.3) is 0 Å². The first-order chi connectivity index (χ1) is 9.17. The average Bonchev–Trinajstić information content (AvgIpc) is 2.74. The van der Waals surface area contributed by atoms with E-state index in [9.17, 15) is 4.39 Å². The van der Waals surface area contributed by atoms with E-state index in [4.69, 9.17) is 0 Å². The van der Waals surface area contributed by atoms with Crippen molar-refractivity contribution in [3.05, 3.63) is 45.9 Å². The lowest BCUT2D eigenvalue weighted by Crippen LogP contribution is -2.09. The van der Waals surface area contributed by atoms with Gasteiger partial charge in [0, 0.05) is 6.54 Å². The van der Waals surface area contributed by atoms with Crippen molar-refractivity contribution in [3.63, 3.8) is 0 Å². The third kappa shape index (κ3) is 2.97. The van der Waals surface area contributed by atoms with Gasteiger partial charge < -0.3 is 5.32 Å². The summed E-state index contributed by atoms with van der Waals surface area (Å²) in [5, 5.41) is 7.63. The third-order valence-corrected chi connectivity index (χ3v) is 3.93. The van der Waals surface area contributed by atoms with Gasteiger partial charge in [-0.05, 0) is 41.4 Å². The molecule has 0 saturated heterocycles. The van der Waals surface area contributed by atoms with Gasteiger partial charge in [0.2, 0.25) is 0 Å². The summed E-state index contributed by atoms with van der Waals surface area (Å²) in [5.74, 6) is -0.239. The normalized spacial score (nSPS) is 10.7. The van der Waals surface area contributed by atoms with E-state index < -0.39 is 0 Å². The summed E-state index contributed by atoms with van der Waals surface area (Å²) in [6, 6.07) is 6.68. The van der Waals surface area contributed by atoms with Gasteiger partial charge >= 0.3 is 0 Å². The van der Waals surface area contributed by atoms with Crippen molar-refractivity contribution in [1.29, 1.82) is 0 Å². The summed E-state index contributed by atoms with van der Waals surface area (Å²) < 4.78 is 16.5. The lowest BCUT2D eigenvalue weighted by Gasteiger charge is -2.09. The lowest BCUT2D eigenvalue weighted by molar-refractivity contribution is 0.613. The van der Waals surface area contributed by atoms with E-state index in [1.807, 2.05) is 17.7 Å². The van der Waals surface area contributed by atoms with Crippen molar-refractivity contribution < 1.29 is 4.39 Å². The van der Waals surface area contributed by atoms with Crippen molar-refractivity contribution in [2.75, 3.05) is 5.32 Å². The number of nitrogens with one attached hydrogen (secondary N) is 1. The predicted octanol–water partition coefficient (Wildman–Crippen LogP) is 3.98. The molecule has 0 radical (unpaired) electrons. The molecule has 0 amide bonds. The Hall–Kier alpha value is -1.36. The van der Waals surface area contributed by atoms with Crippen LogP contribution < -0.4 is 5.32 Å². The molecule has 0 unspecified atom stereocenters. The van der Waals surface area contributed by atoms with E-state index in [-0.39, 0.29) is 5.82 Å². The van der Waals surface area contributed by atoms with Gasteiger partial charge in [-0.25, -0.2) is 4.39 Å². The maximum absolute atomic E-state index is 13.6. The SMILES string of the molecule is CCc1nn(CC)c(CNc2ccccc2F)c1Br. The molecule has 5 heteroatoms. The molecule has 19 heavy (non-hydrogen) atoms. The fourth-order valence-electron chi connectivity index (χ4n) is 1.97.